The number of benzene rings is 2. The Balaban J connectivity index is 2.44. The maximum atomic E-state index is 13.3. The Kier molecular flexibility index (Phi) is 2.76. The Morgan fingerprint density at radius 1 is 1.11 bits per heavy atom. The smallest absolute Gasteiger partial charge is 0.266 e. The Morgan fingerprint density at radius 3 is 2.58 bits per heavy atom. The van der Waals surface area contributed by atoms with Crippen molar-refractivity contribution in [3.8, 4) is 5.69 Å². The lowest BCUT2D eigenvalue weighted by atomic mass is 10.2. The second-order valence-electron chi connectivity index (χ2n) is 4.10. The van der Waals surface area contributed by atoms with Crippen molar-refractivity contribution in [1.29, 1.82) is 0 Å². The molecule has 5 heteroatoms. The lowest BCUT2D eigenvalue weighted by Gasteiger charge is -2.07. The Hall–Kier alpha value is -2.27. The van der Waals surface area contributed by atoms with Gasteiger partial charge in [-0.05, 0) is 42.5 Å². The lowest BCUT2D eigenvalue weighted by molar-refractivity contribution is 0.629. The van der Waals surface area contributed by atoms with Crippen LogP contribution in [0, 0.1) is 10.6 Å². The maximum Gasteiger partial charge on any atom is 0.266 e. The number of halogens is 1. The Morgan fingerprint density at radius 2 is 1.84 bits per heavy atom. The lowest BCUT2D eigenvalue weighted by Crippen LogP contribution is -2.20. The fraction of sp³-hybridized carbons (Fsp3) is 0. The van der Waals surface area contributed by atoms with Crippen LogP contribution in [0.25, 0.3) is 16.6 Å². The first-order valence-corrected chi connectivity index (χ1v) is 6.08. The average molecular weight is 272 g/mol. The van der Waals surface area contributed by atoms with E-state index in [4.69, 9.17) is 12.2 Å². The van der Waals surface area contributed by atoms with Crippen molar-refractivity contribution in [2.45, 2.75) is 0 Å². The van der Waals surface area contributed by atoms with Crippen LogP contribution in [0.2, 0.25) is 0 Å². The van der Waals surface area contributed by atoms with Gasteiger partial charge in [0, 0.05) is 0 Å². The minimum atomic E-state index is -0.449. The molecule has 94 valence electrons. The predicted octanol–water partition coefficient (Wildman–Crippen LogP) is 3.19. The summed E-state index contributed by atoms with van der Waals surface area (Å²) in [6.45, 7) is 0. The number of rotatable bonds is 1. The van der Waals surface area contributed by atoms with E-state index in [1.165, 1.54) is 22.8 Å². The molecule has 1 N–H and O–H groups in total. The minimum Gasteiger partial charge on any atom is -0.331 e. The van der Waals surface area contributed by atoms with E-state index in [1.807, 2.05) is 18.2 Å². The molecule has 3 aromatic rings. The molecule has 19 heavy (non-hydrogen) atoms. The zero-order valence-corrected chi connectivity index (χ0v) is 10.6. The highest BCUT2D eigenvalue weighted by Crippen LogP contribution is 2.12. The van der Waals surface area contributed by atoms with Crippen molar-refractivity contribution in [3.05, 3.63) is 69.5 Å². The van der Waals surface area contributed by atoms with Crippen LogP contribution < -0.4 is 5.56 Å². The van der Waals surface area contributed by atoms with Crippen molar-refractivity contribution in [3.63, 3.8) is 0 Å². The van der Waals surface area contributed by atoms with Gasteiger partial charge in [0.25, 0.3) is 5.56 Å². The number of hydrogen-bond acceptors (Lipinski definition) is 2. The molecule has 3 rings (SSSR count). The number of fused-ring (bicyclic) bond motifs is 1. The van der Waals surface area contributed by atoms with Crippen molar-refractivity contribution in [2.75, 3.05) is 0 Å². The number of aromatic amines is 1. The van der Waals surface area contributed by atoms with E-state index in [0.717, 1.165) is 0 Å². The van der Waals surface area contributed by atoms with Gasteiger partial charge in [0.2, 0.25) is 0 Å². The van der Waals surface area contributed by atoms with Crippen LogP contribution in [0.15, 0.2) is 53.3 Å². The van der Waals surface area contributed by atoms with Crippen LogP contribution >= 0.6 is 12.2 Å². The van der Waals surface area contributed by atoms with Gasteiger partial charge in [-0.3, -0.25) is 9.36 Å². The largest absolute Gasteiger partial charge is 0.331 e. The summed E-state index contributed by atoms with van der Waals surface area (Å²) in [6, 6.07) is 13.0. The summed E-state index contributed by atoms with van der Waals surface area (Å²) < 4.78 is 14.9. The molecule has 1 heterocycles. The fourth-order valence-electron chi connectivity index (χ4n) is 2.00. The number of nitrogens with one attached hydrogen (secondary N) is 1. The summed E-state index contributed by atoms with van der Waals surface area (Å²) in [5, 5.41) is 0.275. The van der Waals surface area contributed by atoms with Crippen LogP contribution in [0.5, 0.6) is 0 Å². The quantitative estimate of drug-likeness (QED) is 0.691. The normalized spacial score (nSPS) is 10.8. The molecule has 0 amide bonds. The van der Waals surface area contributed by atoms with E-state index in [2.05, 4.69) is 4.98 Å². The van der Waals surface area contributed by atoms with Crippen LogP contribution in [0.1, 0.15) is 0 Å². The van der Waals surface area contributed by atoms with Gasteiger partial charge in [-0.25, -0.2) is 4.39 Å². The van der Waals surface area contributed by atoms with Crippen molar-refractivity contribution in [2.24, 2.45) is 0 Å². The topological polar surface area (TPSA) is 37.8 Å². The molecule has 3 nitrogen and oxygen atoms in total. The zero-order chi connectivity index (χ0) is 13.4. The summed E-state index contributed by atoms with van der Waals surface area (Å²) in [5.41, 5.74) is 0.855. The van der Waals surface area contributed by atoms with Gasteiger partial charge < -0.3 is 4.98 Å². The monoisotopic (exact) mass is 272 g/mol. The Bertz CT molecular complexity index is 868. The molecule has 2 aromatic carbocycles. The number of nitrogens with zero attached hydrogens (tertiary/aromatic N) is 1. The van der Waals surface area contributed by atoms with Crippen LogP contribution in [0.4, 0.5) is 4.39 Å². The van der Waals surface area contributed by atoms with Crippen molar-refractivity contribution in [1.82, 2.24) is 9.55 Å². The first-order valence-electron chi connectivity index (χ1n) is 5.67. The third-order valence-electron chi connectivity index (χ3n) is 2.87. The fourth-order valence-corrected chi connectivity index (χ4v) is 2.30. The van der Waals surface area contributed by atoms with Crippen LogP contribution in [0.3, 0.4) is 0 Å². The van der Waals surface area contributed by atoms with Gasteiger partial charge in [0.1, 0.15) is 5.82 Å². The molecule has 0 fully saturated rings. The molecule has 0 bridgehead atoms. The standard InChI is InChI=1S/C14H9FN2OS/c15-9-6-7-12-11(8-9)13(18)17(14(19)16-12)10-4-2-1-3-5-10/h1-8H,(H,16,19). The van der Waals surface area contributed by atoms with Crippen molar-refractivity contribution < 1.29 is 4.39 Å². The van der Waals surface area contributed by atoms with Crippen LogP contribution in [-0.2, 0) is 0 Å². The first-order chi connectivity index (χ1) is 9.16. The highest BCUT2D eigenvalue weighted by molar-refractivity contribution is 7.71. The predicted molar refractivity (Wildman–Crippen MR) is 74.7 cm³/mol. The molecular weight excluding hydrogens is 263 g/mol. The maximum absolute atomic E-state index is 13.3. The van der Waals surface area contributed by atoms with Gasteiger partial charge in [-0.1, -0.05) is 18.2 Å². The summed E-state index contributed by atoms with van der Waals surface area (Å²) in [5.74, 6) is -0.449. The summed E-state index contributed by atoms with van der Waals surface area (Å²) in [6.07, 6.45) is 0. The third-order valence-corrected chi connectivity index (χ3v) is 3.16. The number of aromatic nitrogens is 2. The summed E-state index contributed by atoms with van der Waals surface area (Å²) in [4.78, 5) is 15.3. The molecule has 0 radical (unpaired) electrons. The Labute approximate surface area is 113 Å². The SMILES string of the molecule is O=c1c2cc(F)ccc2[nH]c(=S)n1-c1ccccc1. The number of para-hydroxylation sites is 1. The van der Waals surface area contributed by atoms with Crippen molar-refractivity contribution >= 4 is 23.1 Å². The highest BCUT2D eigenvalue weighted by atomic mass is 32.1. The van der Waals surface area contributed by atoms with Gasteiger partial charge in [-0.2, -0.15) is 0 Å². The molecule has 1 aromatic heterocycles. The van der Waals surface area contributed by atoms with Gasteiger partial charge >= 0.3 is 0 Å². The van der Waals surface area contributed by atoms with E-state index in [9.17, 15) is 9.18 Å². The molecule has 0 spiro atoms. The number of hydrogen-bond donors (Lipinski definition) is 1. The van der Waals surface area contributed by atoms with E-state index in [1.54, 1.807) is 12.1 Å². The summed E-state index contributed by atoms with van der Waals surface area (Å²) in [7, 11) is 0. The number of H-pyrrole nitrogens is 1. The second kappa shape index (κ2) is 4.44. The van der Waals surface area contributed by atoms with E-state index < -0.39 is 5.82 Å². The minimum absolute atomic E-state index is 0.275. The molecule has 0 aliphatic heterocycles. The van der Waals surface area contributed by atoms with Gasteiger partial charge in [0.05, 0.1) is 16.6 Å². The van der Waals surface area contributed by atoms with E-state index in [0.29, 0.717) is 11.2 Å². The molecule has 0 saturated carbocycles. The average Bonchev–Trinajstić information content (AvgIpc) is 2.41. The molecule has 0 unspecified atom stereocenters. The van der Waals surface area contributed by atoms with Gasteiger partial charge in [-0.15, -0.1) is 0 Å². The van der Waals surface area contributed by atoms with Crippen LogP contribution in [-0.4, -0.2) is 9.55 Å². The summed E-state index contributed by atoms with van der Waals surface area (Å²) >= 11 is 5.20. The molecule has 0 saturated heterocycles. The van der Waals surface area contributed by atoms with E-state index in [-0.39, 0.29) is 15.7 Å². The molecule has 0 atom stereocenters. The van der Waals surface area contributed by atoms with E-state index >= 15 is 0 Å². The third kappa shape index (κ3) is 1.98. The molecule has 0 aliphatic carbocycles. The first kappa shape index (κ1) is 11.8. The van der Waals surface area contributed by atoms with Gasteiger partial charge in [0.15, 0.2) is 4.77 Å². The second-order valence-corrected chi connectivity index (χ2v) is 4.48. The molecular formula is C14H9FN2OS. The zero-order valence-electron chi connectivity index (χ0n) is 9.76. The highest BCUT2D eigenvalue weighted by Gasteiger charge is 2.07. The molecule has 0 aliphatic rings.